The van der Waals surface area contributed by atoms with Crippen LogP contribution in [0.15, 0.2) is 24.3 Å². The van der Waals surface area contributed by atoms with Crippen LogP contribution in [0.1, 0.15) is 13.3 Å². The predicted octanol–water partition coefficient (Wildman–Crippen LogP) is 2.28. The van der Waals surface area contributed by atoms with Crippen LogP contribution in [-0.4, -0.2) is 28.1 Å². The summed E-state index contributed by atoms with van der Waals surface area (Å²) in [4.78, 5) is 26.7. The van der Waals surface area contributed by atoms with Gasteiger partial charge in [0.1, 0.15) is 6.04 Å². The molecule has 0 aliphatic carbocycles. The standard InChI is InChI=1S/C12H13N3O3S/c1-2-7(10(16)17)13-11(18)15-12-14-8-5-3-4-6-9(8)19-12/h3-7H,2H2,1H3,(H,16,17)(H2,13,14,15,18)/t7-/m0/s1. The summed E-state index contributed by atoms with van der Waals surface area (Å²) in [6, 6.07) is 6.05. The first-order chi connectivity index (χ1) is 9.10. The summed E-state index contributed by atoms with van der Waals surface area (Å²) in [5.41, 5.74) is 0.799. The zero-order valence-corrected chi connectivity index (χ0v) is 11.0. The van der Waals surface area contributed by atoms with Crippen molar-refractivity contribution in [3.63, 3.8) is 0 Å². The minimum atomic E-state index is -1.05. The molecular weight excluding hydrogens is 266 g/mol. The second-order valence-corrected chi connectivity index (χ2v) is 4.91. The Hall–Kier alpha value is -2.15. The lowest BCUT2D eigenvalue weighted by Gasteiger charge is -2.11. The van der Waals surface area contributed by atoms with Gasteiger partial charge in [0, 0.05) is 0 Å². The third-order valence-corrected chi connectivity index (χ3v) is 3.48. The smallest absolute Gasteiger partial charge is 0.326 e. The minimum Gasteiger partial charge on any atom is -0.480 e. The van der Waals surface area contributed by atoms with E-state index in [1.54, 1.807) is 6.92 Å². The van der Waals surface area contributed by atoms with Crippen molar-refractivity contribution in [1.82, 2.24) is 10.3 Å². The first-order valence-electron chi connectivity index (χ1n) is 5.76. The molecular formula is C12H13N3O3S. The number of hydrogen-bond acceptors (Lipinski definition) is 4. The molecule has 0 aliphatic rings. The van der Waals surface area contributed by atoms with Gasteiger partial charge in [0.25, 0.3) is 0 Å². The molecule has 0 saturated heterocycles. The number of carbonyl (C=O) groups excluding carboxylic acids is 1. The maximum atomic E-state index is 11.6. The number of carbonyl (C=O) groups is 2. The third kappa shape index (κ3) is 3.19. The van der Waals surface area contributed by atoms with Crippen LogP contribution < -0.4 is 10.6 Å². The molecule has 0 radical (unpaired) electrons. The quantitative estimate of drug-likeness (QED) is 0.800. The molecule has 0 unspecified atom stereocenters. The number of aliphatic carboxylic acids is 1. The number of carboxylic acids is 1. The Kier molecular flexibility index (Phi) is 3.96. The molecule has 2 amide bonds. The summed E-state index contributed by atoms with van der Waals surface area (Å²) in [6.45, 7) is 1.69. The second-order valence-electron chi connectivity index (χ2n) is 3.88. The minimum absolute atomic E-state index is 0.322. The highest BCUT2D eigenvalue weighted by atomic mass is 32.1. The van der Waals surface area contributed by atoms with E-state index >= 15 is 0 Å². The first-order valence-corrected chi connectivity index (χ1v) is 6.57. The van der Waals surface area contributed by atoms with Gasteiger partial charge >= 0.3 is 12.0 Å². The van der Waals surface area contributed by atoms with Gasteiger partial charge in [-0.2, -0.15) is 0 Å². The highest BCUT2D eigenvalue weighted by Gasteiger charge is 2.18. The molecule has 2 aromatic rings. The number of anilines is 1. The van der Waals surface area contributed by atoms with Crippen LogP contribution in [0.3, 0.4) is 0 Å². The largest absolute Gasteiger partial charge is 0.480 e. The van der Waals surface area contributed by atoms with Gasteiger partial charge in [-0.25, -0.2) is 14.6 Å². The van der Waals surface area contributed by atoms with Gasteiger partial charge in [-0.05, 0) is 18.6 Å². The Morgan fingerprint density at radius 2 is 2.16 bits per heavy atom. The summed E-state index contributed by atoms with van der Waals surface area (Å²) in [5, 5.41) is 14.2. The fourth-order valence-corrected chi connectivity index (χ4v) is 2.42. The fraction of sp³-hybridized carbons (Fsp3) is 0.250. The molecule has 1 heterocycles. The SMILES string of the molecule is CC[C@H](NC(=O)Nc1nc2ccccc2s1)C(=O)O. The Bertz CT molecular complexity index is 578. The summed E-state index contributed by atoms with van der Waals surface area (Å²) in [5.74, 6) is -1.05. The van der Waals surface area contributed by atoms with Crippen molar-refractivity contribution in [2.45, 2.75) is 19.4 Å². The molecule has 1 atom stereocenters. The van der Waals surface area contributed by atoms with Crippen molar-refractivity contribution < 1.29 is 14.7 Å². The van der Waals surface area contributed by atoms with Gasteiger partial charge in [-0.1, -0.05) is 30.4 Å². The topological polar surface area (TPSA) is 91.3 Å². The molecule has 1 aromatic carbocycles. The van der Waals surface area contributed by atoms with Crippen molar-refractivity contribution in [2.24, 2.45) is 0 Å². The second kappa shape index (κ2) is 5.66. The van der Waals surface area contributed by atoms with Crippen LogP contribution in [0.25, 0.3) is 10.2 Å². The molecule has 0 saturated carbocycles. The highest BCUT2D eigenvalue weighted by molar-refractivity contribution is 7.22. The lowest BCUT2D eigenvalue weighted by atomic mass is 10.2. The van der Waals surface area contributed by atoms with Gasteiger partial charge in [0.05, 0.1) is 10.2 Å². The summed E-state index contributed by atoms with van der Waals surface area (Å²) in [6.07, 6.45) is 0.322. The predicted molar refractivity (Wildman–Crippen MR) is 73.5 cm³/mol. The van der Waals surface area contributed by atoms with Crippen LogP contribution >= 0.6 is 11.3 Å². The molecule has 19 heavy (non-hydrogen) atoms. The van der Waals surface area contributed by atoms with Crippen molar-refractivity contribution >= 4 is 38.7 Å². The molecule has 6 nitrogen and oxygen atoms in total. The number of carboxylic acid groups (broad SMARTS) is 1. The van der Waals surface area contributed by atoms with Crippen molar-refractivity contribution in [2.75, 3.05) is 5.32 Å². The zero-order chi connectivity index (χ0) is 13.8. The molecule has 0 spiro atoms. The number of hydrogen-bond donors (Lipinski definition) is 3. The Morgan fingerprint density at radius 1 is 1.42 bits per heavy atom. The number of urea groups is 1. The number of nitrogens with zero attached hydrogens (tertiary/aromatic N) is 1. The number of fused-ring (bicyclic) bond motifs is 1. The lowest BCUT2D eigenvalue weighted by Crippen LogP contribution is -2.42. The van der Waals surface area contributed by atoms with Crippen LogP contribution in [-0.2, 0) is 4.79 Å². The van der Waals surface area contributed by atoms with Crippen LogP contribution in [0, 0.1) is 0 Å². The Labute approximate surface area is 113 Å². The number of nitrogens with one attached hydrogen (secondary N) is 2. The molecule has 2 rings (SSSR count). The molecule has 0 fully saturated rings. The molecule has 0 bridgehead atoms. The number of aromatic nitrogens is 1. The van der Waals surface area contributed by atoms with E-state index in [2.05, 4.69) is 15.6 Å². The van der Waals surface area contributed by atoms with Gasteiger partial charge in [0.2, 0.25) is 0 Å². The van der Waals surface area contributed by atoms with Crippen molar-refractivity contribution in [3.8, 4) is 0 Å². The lowest BCUT2D eigenvalue weighted by molar-refractivity contribution is -0.139. The maximum Gasteiger partial charge on any atom is 0.326 e. The van der Waals surface area contributed by atoms with Gasteiger partial charge in [-0.15, -0.1) is 0 Å². The molecule has 100 valence electrons. The maximum absolute atomic E-state index is 11.6. The molecule has 3 N–H and O–H groups in total. The number of rotatable bonds is 4. The van der Waals surface area contributed by atoms with Gasteiger partial charge < -0.3 is 10.4 Å². The average Bonchev–Trinajstić information content (AvgIpc) is 2.77. The van der Waals surface area contributed by atoms with Crippen molar-refractivity contribution in [3.05, 3.63) is 24.3 Å². The summed E-state index contributed by atoms with van der Waals surface area (Å²) >= 11 is 1.34. The van der Waals surface area contributed by atoms with Crippen LogP contribution in [0.4, 0.5) is 9.93 Å². The van der Waals surface area contributed by atoms with Gasteiger partial charge in [0.15, 0.2) is 5.13 Å². The zero-order valence-electron chi connectivity index (χ0n) is 10.2. The molecule has 7 heteroatoms. The highest BCUT2D eigenvalue weighted by Crippen LogP contribution is 2.25. The first kappa shape index (κ1) is 13.3. The fourth-order valence-electron chi connectivity index (χ4n) is 1.56. The van der Waals surface area contributed by atoms with E-state index in [0.717, 1.165) is 10.2 Å². The number of benzene rings is 1. The summed E-state index contributed by atoms with van der Waals surface area (Å²) in [7, 11) is 0. The van der Waals surface area contributed by atoms with E-state index in [1.807, 2.05) is 24.3 Å². The van der Waals surface area contributed by atoms with E-state index in [-0.39, 0.29) is 0 Å². The monoisotopic (exact) mass is 279 g/mol. The average molecular weight is 279 g/mol. The van der Waals surface area contributed by atoms with Crippen LogP contribution in [0.2, 0.25) is 0 Å². The van der Waals surface area contributed by atoms with E-state index in [4.69, 9.17) is 5.11 Å². The van der Waals surface area contributed by atoms with Crippen molar-refractivity contribution in [1.29, 1.82) is 0 Å². The molecule has 1 aromatic heterocycles. The van der Waals surface area contributed by atoms with E-state index < -0.39 is 18.0 Å². The van der Waals surface area contributed by atoms with E-state index in [0.29, 0.717) is 11.6 Å². The van der Waals surface area contributed by atoms with Crippen LogP contribution in [0.5, 0.6) is 0 Å². The number of thiazole rings is 1. The van der Waals surface area contributed by atoms with E-state index in [1.165, 1.54) is 11.3 Å². The van der Waals surface area contributed by atoms with Gasteiger partial charge in [-0.3, -0.25) is 5.32 Å². The third-order valence-electron chi connectivity index (χ3n) is 2.53. The Morgan fingerprint density at radius 3 is 2.79 bits per heavy atom. The number of para-hydroxylation sites is 1. The summed E-state index contributed by atoms with van der Waals surface area (Å²) < 4.78 is 0.961. The Balaban J connectivity index is 2.04. The number of amides is 2. The molecule has 0 aliphatic heterocycles. The normalized spacial score (nSPS) is 12.1. The van der Waals surface area contributed by atoms with E-state index in [9.17, 15) is 9.59 Å².